The zero-order valence-corrected chi connectivity index (χ0v) is 15.1. The van der Waals surface area contributed by atoms with Crippen LogP contribution in [0.15, 0.2) is 18.2 Å². The van der Waals surface area contributed by atoms with Crippen molar-refractivity contribution in [1.82, 2.24) is 20.2 Å². The Morgan fingerprint density at radius 3 is 2.72 bits per heavy atom. The quantitative estimate of drug-likeness (QED) is 0.872. The summed E-state index contributed by atoms with van der Waals surface area (Å²) in [7, 11) is 1.68. The Hall–Kier alpha value is -2.28. The number of nitrogens with zero attached hydrogens (tertiary/aromatic N) is 4. The fraction of sp³-hybridized carbons (Fsp3) is 0.556. The molecule has 1 N–H and O–H groups in total. The van der Waals surface area contributed by atoms with Crippen molar-refractivity contribution in [1.29, 1.82) is 0 Å². The normalized spacial score (nSPS) is 16.1. The van der Waals surface area contributed by atoms with Gasteiger partial charge in [-0.15, -0.1) is 5.10 Å². The third-order valence-corrected chi connectivity index (χ3v) is 5.15. The summed E-state index contributed by atoms with van der Waals surface area (Å²) in [6, 6.07) is 5.83. The van der Waals surface area contributed by atoms with Crippen LogP contribution >= 0.6 is 0 Å². The Bertz CT molecular complexity index is 750. The maximum absolute atomic E-state index is 13.0. The van der Waals surface area contributed by atoms with Gasteiger partial charge < -0.3 is 10.1 Å². The van der Waals surface area contributed by atoms with Crippen molar-refractivity contribution in [2.24, 2.45) is 5.41 Å². The smallest absolute Gasteiger partial charge is 0.230 e. The van der Waals surface area contributed by atoms with E-state index in [0.29, 0.717) is 12.4 Å². The van der Waals surface area contributed by atoms with E-state index in [2.05, 4.69) is 20.8 Å². The first kappa shape index (κ1) is 17.5. The topological polar surface area (TPSA) is 81.9 Å². The van der Waals surface area contributed by atoms with Crippen LogP contribution in [0.1, 0.15) is 43.5 Å². The number of rotatable bonds is 6. The summed E-state index contributed by atoms with van der Waals surface area (Å²) in [5, 5.41) is 14.8. The van der Waals surface area contributed by atoms with Gasteiger partial charge in [-0.3, -0.25) is 4.79 Å². The fourth-order valence-corrected chi connectivity index (χ4v) is 3.57. The van der Waals surface area contributed by atoms with Crippen LogP contribution in [-0.2, 0) is 9.53 Å². The van der Waals surface area contributed by atoms with E-state index in [1.807, 2.05) is 32.0 Å². The van der Waals surface area contributed by atoms with Crippen molar-refractivity contribution in [3.63, 3.8) is 0 Å². The van der Waals surface area contributed by atoms with Gasteiger partial charge in [0, 0.05) is 19.4 Å². The van der Waals surface area contributed by atoms with E-state index in [4.69, 9.17) is 4.74 Å². The molecule has 0 bridgehead atoms. The van der Waals surface area contributed by atoms with Crippen LogP contribution in [0.3, 0.4) is 0 Å². The first-order chi connectivity index (χ1) is 12.1. The lowest BCUT2D eigenvalue weighted by atomic mass is 9.82. The monoisotopic (exact) mass is 343 g/mol. The lowest BCUT2D eigenvalue weighted by molar-refractivity contribution is -0.126. The van der Waals surface area contributed by atoms with E-state index in [1.54, 1.807) is 11.8 Å². The van der Waals surface area contributed by atoms with Crippen LogP contribution in [0.2, 0.25) is 0 Å². The number of tetrazole rings is 1. The van der Waals surface area contributed by atoms with Crippen molar-refractivity contribution in [2.45, 2.75) is 46.0 Å². The molecule has 7 heteroatoms. The predicted molar refractivity (Wildman–Crippen MR) is 94.7 cm³/mol. The van der Waals surface area contributed by atoms with E-state index < -0.39 is 0 Å². The summed E-state index contributed by atoms with van der Waals surface area (Å²) >= 11 is 0. The van der Waals surface area contributed by atoms with Gasteiger partial charge in [-0.2, -0.15) is 4.68 Å². The lowest BCUT2D eigenvalue weighted by Gasteiger charge is -2.27. The van der Waals surface area contributed by atoms with Crippen molar-refractivity contribution < 1.29 is 9.53 Å². The van der Waals surface area contributed by atoms with Gasteiger partial charge in [0.2, 0.25) is 5.91 Å². The van der Waals surface area contributed by atoms with Gasteiger partial charge in [0.15, 0.2) is 5.82 Å². The molecule has 1 aliphatic carbocycles. The highest BCUT2D eigenvalue weighted by Crippen LogP contribution is 2.42. The maximum Gasteiger partial charge on any atom is 0.230 e. The molecule has 0 saturated heterocycles. The molecule has 134 valence electrons. The number of anilines is 1. The number of amides is 1. The molecule has 1 aromatic heterocycles. The molecular weight excluding hydrogens is 318 g/mol. The van der Waals surface area contributed by atoms with Crippen LogP contribution in [0.25, 0.3) is 5.69 Å². The molecule has 0 aliphatic heterocycles. The molecule has 3 rings (SSSR count). The number of aryl methyl sites for hydroxylation is 2. The number of carbonyl (C=O) groups is 1. The van der Waals surface area contributed by atoms with Gasteiger partial charge in [-0.05, 0) is 61.2 Å². The minimum absolute atomic E-state index is 0.0882. The third-order valence-electron chi connectivity index (χ3n) is 5.15. The van der Waals surface area contributed by atoms with Gasteiger partial charge in [0.25, 0.3) is 0 Å². The van der Waals surface area contributed by atoms with Crippen LogP contribution in [0.5, 0.6) is 0 Å². The second kappa shape index (κ2) is 7.31. The van der Waals surface area contributed by atoms with Crippen LogP contribution < -0.4 is 5.32 Å². The first-order valence-corrected chi connectivity index (χ1v) is 8.72. The number of hydrogen-bond donors (Lipinski definition) is 1. The second-order valence-electron chi connectivity index (χ2n) is 6.82. The van der Waals surface area contributed by atoms with E-state index in [1.165, 1.54) is 0 Å². The van der Waals surface area contributed by atoms with E-state index in [9.17, 15) is 4.79 Å². The highest BCUT2D eigenvalue weighted by molar-refractivity contribution is 5.95. The van der Waals surface area contributed by atoms with Crippen LogP contribution in [-0.4, -0.2) is 39.8 Å². The summed E-state index contributed by atoms with van der Waals surface area (Å²) in [5.74, 6) is 0.796. The highest BCUT2D eigenvalue weighted by Gasteiger charge is 2.40. The van der Waals surface area contributed by atoms with Gasteiger partial charge >= 0.3 is 0 Å². The van der Waals surface area contributed by atoms with Crippen LogP contribution in [0.4, 0.5) is 5.69 Å². The molecule has 25 heavy (non-hydrogen) atoms. The number of benzene rings is 1. The summed E-state index contributed by atoms with van der Waals surface area (Å²) in [4.78, 5) is 13.0. The molecule has 0 unspecified atom stereocenters. The number of methoxy groups -OCH3 is 1. The molecule has 1 aliphatic rings. The average molecular weight is 343 g/mol. The molecule has 1 aromatic carbocycles. The second-order valence-corrected chi connectivity index (χ2v) is 6.82. The summed E-state index contributed by atoms with van der Waals surface area (Å²) in [6.07, 6.45) is 4.81. The van der Waals surface area contributed by atoms with E-state index in [-0.39, 0.29) is 11.3 Å². The van der Waals surface area contributed by atoms with Gasteiger partial charge in [0.1, 0.15) is 0 Å². The fourth-order valence-electron chi connectivity index (χ4n) is 3.57. The zero-order chi connectivity index (χ0) is 17.9. The van der Waals surface area contributed by atoms with Crippen molar-refractivity contribution in [2.75, 3.05) is 19.0 Å². The van der Waals surface area contributed by atoms with Crippen LogP contribution in [0, 0.1) is 19.3 Å². The van der Waals surface area contributed by atoms with Gasteiger partial charge in [0.05, 0.1) is 11.1 Å². The molecular formula is C18H25N5O2. The molecule has 1 saturated carbocycles. The SMILES string of the molecule is COCCC1(C(=O)Nc2ccc(C)c(-n3nnnc3C)c2)CCCC1. The molecule has 0 radical (unpaired) electrons. The summed E-state index contributed by atoms with van der Waals surface area (Å²) in [5.41, 5.74) is 2.37. The minimum Gasteiger partial charge on any atom is -0.385 e. The number of ether oxygens (including phenoxy) is 1. The number of nitrogens with one attached hydrogen (secondary N) is 1. The van der Waals surface area contributed by atoms with Gasteiger partial charge in [-0.25, -0.2) is 0 Å². The molecule has 2 aromatic rings. The van der Waals surface area contributed by atoms with Crippen molar-refractivity contribution in [3.05, 3.63) is 29.6 Å². The van der Waals surface area contributed by atoms with Crippen molar-refractivity contribution >= 4 is 11.6 Å². The van der Waals surface area contributed by atoms with Crippen molar-refractivity contribution in [3.8, 4) is 5.69 Å². The minimum atomic E-state index is -0.314. The largest absolute Gasteiger partial charge is 0.385 e. The number of carbonyl (C=O) groups excluding carboxylic acids is 1. The van der Waals surface area contributed by atoms with E-state index in [0.717, 1.165) is 49.0 Å². The molecule has 1 fully saturated rings. The number of hydrogen-bond acceptors (Lipinski definition) is 5. The van der Waals surface area contributed by atoms with Gasteiger partial charge in [-0.1, -0.05) is 18.9 Å². The molecule has 1 amide bonds. The molecule has 1 heterocycles. The Kier molecular flexibility index (Phi) is 5.13. The Morgan fingerprint density at radius 1 is 1.32 bits per heavy atom. The average Bonchev–Trinajstić information content (AvgIpc) is 3.24. The summed E-state index contributed by atoms with van der Waals surface area (Å²) in [6.45, 7) is 4.46. The predicted octanol–water partition coefficient (Wildman–Crippen LogP) is 2.81. The lowest BCUT2D eigenvalue weighted by Crippen LogP contribution is -2.35. The maximum atomic E-state index is 13.0. The highest BCUT2D eigenvalue weighted by atomic mass is 16.5. The Morgan fingerprint density at radius 2 is 2.08 bits per heavy atom. The molecule has 0 atom stereocenters. The van der Waals surface area contributed by atoms with E-state index >= 15 is 0 Å². The Balaban J connectivity index is 1.83. The first-order valence-electron chi connectivity index (χ1n) is 8.72. The molecule has 7 nitrogen and oxygen atoms in total. The third kappa shape index (κ3) is 3.56. The number of aromatic nitrogens is 4. The standard InChI is InChI=1S/C18H25N5O2/c1-13-6-7-15(12-16(13)23-14(2)20-21-22-23)19-17(24)18(10-11-25-3)8-4-5-9-18/h6-7,12H,4-5,8-11H2,1-3H3,(H,19,24). The zero-order valence-electron chi connectivity index (χ0n) is 15.1. The Labute approximate surface area is 147 Å². The summed E-state index contributed by atoms with van der Waals surface area (Å²) < 4.78 is 6.90. The molecule has 0 spiro atoms.